The maximum atomic E-state index is 5.28. The Labute approximate surface area is 201 Å². The highest BCUT2D eigenvalue weighted by molar-refractivity contribution is 14.0. The Morgan fingerprint density at radius 1 is 1.23 bits per heavy atom. The second kappa shape index (κ2) is 12.4. The normalized spacial score (nSPS) is 16.2. The van der Waals surface area contributed by atoms with Gasteiger partial charge < -0.3 is 25.2 Å². The van der Waals surface area contributed by atoms with Gasteiger partial charge >= 0.3 is 0 Å². The summed E-state index contributed by atoms with van der Waals surface area (Å²) < 4.78 is 5.28. The van der Waals surface area contributed by atoms with Gasteiger partial charge in [-0.05, 0) is 62.1 Å². The molecule has 3 rings (SSSR count). The number of hydrogen-bond acceptors (Lipinski definition) is 5. The van der Waals surface area contributed by atoms with Crippen molar-refractivity contribution >= 4 is 46.3 Å². The van der Waals surface area contributed by atoms with Crippen molar-refractivity contribution in [1.82, 2.24) is 15.5 Å². The summed E-state index contributed by atoms with van der Waals surface area (Å²) in [5, 5.41) is 10.7. The van der Waals surface area contributed by atoms with Gasteiger partial charge in [-0.15, -0.1) is 35.3 Å². The molecule has 1 aliphatic heterocycles. The molecular weight excluding hydrogens is 509 g/mol. The molecule has 1 saturated heterocycles. The van der Waals surface area contributed by atoms with E-state index in [2.05, 4.69) is 69.2 Å². The zero-order valence-electron chi connectivity index (χ0n) is 18.3. The molecule has 1 fully saturated rings. The molecule has 8 heteroatoms. The number of nitrogens with zero attached hydrogens (tertiary/aromatic N) is 3. The predicted molar refractivity (Wildman–Crippen MR) is 139 cm³/mol. The van der Waals surface area contributed by atoms with Crippen LogP contribution < -0.4 is 20.3 Å². The van der Waals surface area contributed by atoms with Crippen LogP contribution in [-0.4, -0.2) is 64.8 Å². The van der Waals surface area contributed by atoms with E-state index in [1.165, 1.54) is 10.6 Å². The van der Waals surface area contributed by atoms with Gasteiger partial charge in [0.15, 0.2) is 5.96 Å². The van der Waals surface area contributed by atoms with E-state index in [4.69, 9.17) is 4.74 Å². The SMILES string of the molecule is CN=C(NCC(c1ccc(OC)cc1)N(C)C)NC1CCN(c2cccs2)CC1.I. The third-order valence-electron chi connectivity index (χ3n) is 5.46. The fourth-order valence-corrected chi connectivity index (χ4v) is 4.49. The van der Waals surface area contributed by atoms with Gasteiger partial charge in [-0.3, -0.25) is 4.99 Å². The fourth-order valence-electron chi connectivity index (χ4n) is 3.70. The maximum absolute atomic E-state index is 5.28. The van der Waals surface area contributed by atoms with E-state index in [1.54, 1.807) is 7.11 Å². The van der Waals surface area contributed by atoms with Crippen molar-refractivity contribution in [3.63, 3.8) is 0 Å². The molecule has 0 aliphatic carbocycles. The third kappa shape index (κ3) is 6.75. The standard InChI is InChI=1S/C22H33N5OS.HI/c1-23-22(25-18-11-13-27(14-12-18)21-6-5-15-29-21)24-16-20(26(2)3)17-7-9-19(28-4)10-8-17;/h5-10,15,18,20H,11-14,16H2,1-4H3,(H2,23,24,25);1H. The monoisotopic (exact) mass is 543 g/mol. The van der Waals surface area contributed by atoms with E-state index in [1.807, 2.05) is 30.5 Å². The second-order valence-electron chi connectivity index (χ2n) is 7.56. The van der Waals surface area contributed by atoms with Crippen LogP contribution in [-0.2, 0) is 0 Å². The van der Waals surface area contributed by atoms with Crippen molar-refractivity contribution in [3.05, 3.63) is 47.3 Å². The van der Waals surface area contributed by atoms with Gasteiger partial charge in [-0.1, -0.05) is 12.1 Å². The molecule has 6 nitrogen and oxygen atoms in total. The highest BCUT2D eigenvalue weighted by Crippen LogP contribution is 2.25. The number of thiophene rings is 1. The third-order valence-corrected chi connectivity index (χ3v) is 6.39. The van der Waals surface area contributed by atoms with E-state index in [0.717, 1.165) is 44.2 Å². The van der Waals surface area contributed by atoms with Crippen LogP contribution in [0.4, 0.5) is 5.00 Å². The number of likely N-dealkylation sites (N-methyl/N-ethyl adjacent to an activating group) is 1. The molecule has 1 aliphatic rings. The van der Waals surface area contributed by atoms with Crippen LogP contribution >= 0.6 is 35.3 Å². The van der Waals surface area contributed by atoms with Gasteiger partial charge in [0, 0.05) is 32.7 Å². The van der Waals surface area contributed by atoms with E-state index in [9.17, 15) is 0 Å². The average molecular weight is 544 g/mol. The number of methoxy groups -OCH3 is 1. The van der Waals surface area contributed by atoms with Crippen LogP contribution in [0.1, 0.15) is 24.4 Å². The smallest absolute Gasteiger partial charge is 0.191 e. The van der Waals surface area contributed by atoms with Crippen LogP contribution in [0, 0.1) is 0 Å². The first-order valence-electron chi connectivity index (χ1n) is 10.2. The van der Waals surface area contributed by atoms with E-state index >= 15 is 0 Å². The number of aliphatic imine (C=N–C) groups is 1. The lowest BCUT2D eigenvalue weighted by Crippen LogP contribution is -2.49. The number of benzene rings is 1. The topological polar surface area (TPSA) is 52.1 Å². The maximum Gasteiger partial charge on any atom is 0.191 e. The molecule has 1 atom stereocenters. The molecule has 0 spiro atoms. The van der Waals surface area contributed by atoms with Crippen LogP contribution in [0.25, 0.3) is 0 Å². The Morgan fingerprint density at radius 3 is 2.47 bits per heavy atom. The van der Waals surface area contributed by atoms with Crippen molar-refractivity contribution in [3.8, 4) is 5.75 Å². The molecule has 30 heavy (non-hydrogen) atoms. The molecule has 0 radical (unpaired) electrons. The molecule has 0 bridgehead atoms. The predicted octanol–water partition coefficient (Wildman–Crippen LogP) is 3.81. The number of hydrogen-bond donors (Lipinski definition) is 2. The van der Waals surface area contributed by atoms with Gasteiger partial charge in [0.2, 0.25) is 0 Å². The molecule has 1 unspecified atom stereocenters. The first kappa shape index (κ1) is 24.7. The Balaban J connectivity index is 0.00000320. The summed E-state index contributed by atoms with van der Waals surface area (Å²) in [5.74, 6) is 1.76. The number of halogens is 1. The highest BCUT2D eigenvalue weighted by Gasteiger charge is 2.21. The Hall–Kier alpha value is -1.52. The molecule has 2 aromatic rings. The summed E-state index contributed by atoms with van der Waals surface area (Å²) >= 11 is 1.82. The molecule has 0 saturated carbocycles. The summed E-state index contributed by atoms with van der Waals surface area (Å²) in [7, 11) is 7.74. The van der Waals surface area contributed by atoms with Crippen molar-refractivity contribution in [1.29, 1.82) is 0 Å². The average Bonchev–Trinajstić information content (AvgIpc) is 3.28. The molecule has 1 aromatic heterocycles. The molecular formula is C22H34IN5OS. The lowest BCUT2D eigenvalue weighted by Gasteiger charge is -2.34. The minimum Gasteiger partial charge on any atom is -0.497 e. The van der Waals surface area contributed by atoms with Crippen LogP contribution in [0.2, 0.25) is 0 Å². The zero-order chi connectivity index (χ0) is 20.6. The zero-order valence-corrected chi connectivity index (χ0v) is 21.4. The van der Waals surface area contributed by atoms with Crippen LogP contribution in [0.3, 0.4) is 0 Å². The Kier molecular flexibility index (Phi) is 10.2. The summed E-state index contributed by atoms with van der Waals surface area (Å²) in [4.78, 5) is 9.15. The Morgan fingerprint density at radius 2 is 1.93 bits per heavy atom. The summed E-state index contributed by atoms with van der Waals surface area (Å²) in [6, 6.07) is 13.3. The number of piperidine rings is 1. The number of nitrogens with one attached hydrogen (secondary N) is 2. The van der Waals surface area contributed by atoms with Crippen molar-refractivity contribution in [2.24, 2.45) is 4.99 Å². The fraction of sp³-hybridized carbons (Fsp3) is 0.500. The van der Waals surface area contributed by atoms with Gasteiger partial charge in [-0.2, -0.15) is 0 Å². The minimum absolute atomic E-state index is 0. The lowest BCUT2D eigenvalue weighted by molar-refractivity contribution is 0.297. The molecule has 0 amide bonds. The van der Waals surface area contributed by atoms with Gasteiger partial charge in [0.05, 0.1) is 18.2 Å². The van der Waals surface area contributed by atoms with Crippen molar-refractivity contribution < 1.29 is 4.74 Å². The number of anilines is 1. The minimum atomic E-state index is 0. The summed E-state index contributed by atoms with van der Waals surface area (Å²) in [6.07, 6.45) is 2.24. The van der Waals surface area contributed by atoms with Crippen LogP contribution in [0.15, 0.2) is 46.8 Å². The largest absolute Gasteiger partial charge is 0.497 e. The van der Waals surface area contributed by atoms with Crippen molar-refractivity contribution in [2.75, 3.05) is 52.8 Å². The van der Waals surface area contributed by atoms with E-state index in [-0.39, 0.29) is 30.0 Å². The lowest BCUT2D eigenvalue weighted by atomic mass is 10.1. The highest BCUT2D eigenvalue weighted by atomic mass is 127. The number of rotatable bonds is 7. The quantitative estimate of drug-likeness (QED) is 0.316. The van der Waals surface area contributed by atoms with E-state index in [0.29, 0.717) is 6.04 Å². The molecule has 166 valence electrons. The molecule has 1 aromatic carbocycles. The van der Waals surface area contributed by atoms with Gasteiger partial charge in [0.25, 0.3) is 0 Å². The van der Waals surface area contributed by atoms with Gasteiger partial charge in [-0.25, -0.2) is 0 Å². The summed E-state index contributed by atoms with van der Waals surface area (Å²) in [6.45, 7) is 2.95. The van der Waals surface area contributed by atoms with Gasteiger partial charge in [0.1, 0.15) is 5.75 Å². The number of ether oxygens (including phenoxy) is 1. The first-order valence-corrected chi connectivity index (χ1v) is 11.0. The second-order valence-corrected chi connectivity index (χ2v) is 8.49. The molecule has 2 heterocycles. The molecule has 2 N–H and O–H groups in total. The number of guanidine groups is 1. The van der Waals surface area contributed by atoms with Crippen molar-refractivity contribution in [2.45, 2.75) is 24.9 Å². The Bertz CT molecular complexity index is 758. The van der Waals surface area contributed by atoms with Crippen LogP contribution in [0.5, 0.6) is 5.75 Å². The summed E-state index contributed by atoms with van der Waals surface area (Å²) in [5.41, 5.74) is 1.25. The van der Waals surface area contributed by atoms with E-state index < -0.39 is 0 Å². The first-order chi connectivity index (χ1) is 14.1.